The summed E-state index contributed by atoms with van der Waals surface area (Å²) in [5.41, 5.74) is 1.23. The molecule has 0 atom stereocenters. The number of hydrogen-bond acceptors (Lipinski definition) is 7. The Morgan fingerprint density at radius 3 is 2.15 bits per heavy atom. The maximum Gasteiger partial charge on any atom is 0.276 e. The van der Waals surface area contributed by atoms with Gasteiger partial charge >= 0.3 is 0 Å². The molecule has 1 aromatic carbocycles. The second kappa shape index (κ2) is 10.9. The summed E-state index contributed by atoms with van der Waals surface area (Å²) in [4.78, 5) is 14.8. The van der Waals surface area contributed by atoms with Crippen molar-refractivity contribution in [1.29, 1.82) is 0 Å². The lowest BCUT2D eigenvalue weighted by Crippen LogP contribution is -2.50. The van der Waals surface area contributed by atoms with Crippen molar-refractivity contribution in [3.63, 3.8) is 0 Å². The third kappa shape index (κ3) is 6.21. The SMILES string of the molecule is CCOC(Cn1cc(C(=O)N2CCN(S(=O)(=O)c3ccc(C(C)(C)C)cc3)CC2)nn1)OCC. The van der Waals surface area contributed by atoms with E-state index in [1.165, 1.54) is 8.99 Å². The first kappa shape index (κ1) is 26.3. The van der Waals surface area contributed by atoms with Crippen molar-refractivity contribution in [1.82, 2.24) is 24.2 Å². The van der Waals surface area contributed by atoms with E-state index in [9.17, 15) is 13.2 Å². The number of rotatable bonds is 9. The Kier molecular flexibility index (Phi) is 8.45. The van der Waals surface area contributed by atoms with Crippen LogP contribution in [-0.2, 0) is 31.5 Å². The van der Waals surface area contributed by atoms with E-state index in [0.717, 1.165) is 5.56 Å². The molecule has 1 saturated heterocycles. The molecule has 2 heterocycles. The summed E-state index contributed by atoms with van der Waals surface area (Å²) in [6.07, 6.45) is 1.10. The van der Waals surface area contributed by atoms with Crippen LogP contribution in [0.15, 0.2) is 35.4 Å². The zero-order valence-electron chi connectivity index (χ0n) is 20.6. The predicted octanol–water partition coefficient (Wildman–Crippen LogP) is 2.12. The minimum Gasteiger partial charge on any atom is -0.351 e. The summed E-state index contributed by atoms with van der Waals surface area (Å²) in [5, 5.41) is 7.99. The smallest absolute Gasteiger partial charge is 0.276 e. The Bertz CT molecular complexity index is 1050. The molecule has 2 aromatic rings. The molecular formula is C23H35N5O5S. The van der Waals surface area contributed by atoms with Crippen molar-refractivity contribution in [3.05, 3.63) is 41.7 Å². The lowest BCUT2D eigenvalue weighted by atomic mass is 9.87. The van der Waals surface area contributed by atoms with Gasteiger partial charge in [0.1, 0.15) is 0 Å². The molecule has 1 aliphatic heterocycles. The highest BCUT2D eigenvalue weighted by Gasteiger charge is 2.31. The van der Waals surface area contributed by atoms with Gasteiger partial charge in [-0.25, -0.2) is 13.1 Å². The first-order chi connectivity index (χ1) is 16.1. The van der Waals surface area contributed by atoms with Gasteiger partial charge in [0.05, 0.1) is 17.6 Å². The molecule has 0 spiro atoms. The Morgan fingerprint density at radius 2 is 1.62 bits per heavy atom. The number of carbonyl (C=O) groups excluding carboxylic acids is 1. The van der Waals surface area contributed by atoms with Crippen LogP contribution in [0.3, 0.4) is 0 Å². The molecule has 0 bridgehead atoms. The molecule has 1 aliphatic rings. The average Bonchev–Trinajstić information content (AvgIpc) is 3.27. The largest absolute Gasteiger partial charge is 0.351 e. The highest BCUT2D eigenvalue weighted by molar-refractivity contribution is 7.89. The number of benzene rings is 1. The van der Waals surface area contributed by atoms with Gasteiger partial charge in [-0.1, -0.05) is 38.1 Å². The van der Waals surface area contributed by atoms with Gasteiger partial charge < -0.3 is 14.4 Å². The molecule has 10 nitrogen and oxygen atoms in total. The second-order valence-corrected chi connectivity index (χ2v) is 11.1. The van der Waals surface area contributed by atoms with Gasteiger partial charge in [-0.2, -0.15) is 4.31 Å². The molecule has 0 unspecified atom stereocenters. The summed E-state index contributed by atoms with van der Waals surface area (Å²) in [7, 11) is -3.62. The predicted molar refractivity (Wildman–Crippen MR) is 127 cm³/mol. The van der Waals surface area contributed by atoms with E-state index in [2.05, 4.69) is 31.1 Å². The molecule has 0 saturated carbocycles. The van der Waals surface area contributed by atoms with Gasteiger partial charge in [-0.05, 0) is 37.0 Å². The van der Waals surface area contributed by atoms with Crippen LogP contribution >= 0.6 is 0 Å². The highest BCUT2D eigenvalue weighted by Crippen LogP contribution is 2.25. The number of piperazine rings is 1. The van der Waals surface area contributed by atoms with E-state index in [0.29, 0.717) is 19.8 Å². The quantitative estimate of drug-likeness (QED) is 0.493. The molecule has 34 heavy (non-hydrogen) atoms. The Labute approximate surface area is 201 Å². The fourth-order valence-corrected chi connectivity index (χ4v) is 5.16. The number of nitrogens with zero attached hydrogens (tertiary/aromatic N) is 5. The fourth-order valence-electron chi connectivity index (χ4n) is 3.73. The summed E-state index contributed by atoms with van der Waals surface area (Å²) in [6.45, 7) is 12.3. The summed E-state index contributed by atoms with van der Waals surface area (Å²) in [6, 6.07) is 7.03. The van der Waals surface area contributed by atoms with Crippen molar-refractivity contribution in [2.24, 2.45) is 0 Å². The summed E-state index contributed by atoms with van der Waals surface area (Å²) < 4.78 is 40.1. The van der Waals surface area contributed by atoms with Crippen molar-refractivity contribution in [2.45, 2.75) is 57.8 Å². The molecule has 0 radical (unpaired) electrons. The molecular weight excluding hydrogens is 458 g/mol. The third-order valence-corrected chi connectivity index (χ3v) is 7.60. The molecule has 1 amide bonds. The second-order valence-electron chi connectivity index (χ2n) is 9.14. The van der Waals surface area contributed by atoms with Crippen molar-refractivity contribution in [3.8, 4) is 0 Å². The van der Waals surface area contributed by atoms with Crippen LogP contribution in [0.2, 0.25) is 0 Å². The maximum atomic E-state index is 13.1. The minimum atomic E-state index is -3.62. The van der Waals surface area contributed by atoms with Crippen molar-refractivity contribution >= 4 is 15.9 Å². The van der Waals surface area contributed by atoms with Crippen LogP contribution in [0.5, 0.6) is 0 Å². The molecule has 11 heteroatoms. The van der Waals surface area contributed by atoms with Crippen LogP contribution in [0.4, 0.5) is 0 Å². The number of aromatic nitrogens is 3. The van der Waals surface area contributed by atoms with Crippen LogP contribution in [0, 0.1) is 0 Å². The normalized spacial score (nSPS) is 15.8. The number of ether oxygens (including phenoxy) is 2. The van der Waals surface area contributed by atoms with Crippen LogP contribution in [0.1, 0.15) is 50.7 Å². The first-order valence-electron chi connectivity index (χ1n) is 11.6. The monoisotopic (exact) mass is 493 g/mol. The van der Waals surface area contributed by atoms with Crippen LogP contribution in [-0.4, -0.2) is 84.2 Å². The fraction of sp³-hybridized carbons (Fsp3) is 0.609. The standard InChI is InChI=1S/C23H35N5O5S/c1-6-32-21(33-7-2)17-27-16-20(24-25-27)22(29)26-12-14-28(15-13-26)34(30,31)19-10-8-18(9-11-19)23(3,4)5/h8-11,16,21H,6-7,12-15,17H2,1-5H3. The van der Waals surface area contributed by atoms with Crippen LogP contribution in [0.25, 0.3) is 0 Å². The van der Waals surface area contributed by atoms with E-state index in [1.54, 1.807) is 23.2 Å². The topological polar surface area (TPSA) is 107 Å². The Hall–Kier alpha value is -2.34. The summed E-state index contributed by atoms with van der Waals surface area (Å²) in [5.74, 6) is -0.276. The van der Waals surface area contributed by atoms with Crippen LogP contribution < -0.4 is 0 Å². The van der Waals surface area contributed by atoms with Gasteiger partial charge in [0, 0.05) is 39.4 Å². The van der Waals surface area contributed by atoms with E-state index >= 15 is 0 Å². The van der Waals surface area contributed by atoms with E-state index in [4.69, 9.17) is 9.47 Å². The number of carbonyl (C=O) groups is 1. The number of sulfonamides is 1. The average molecular weight is 494 g/mol. The lowest BCUT2D eigenvalue weighted by molar-refractivity contribution is -0.145. The molecule has 1 aromatic heterocycles. The lowest BCUT2D eigenvalue weighted by Gasteiger charge is -2.33. The minimum absolute atomic E-state index is 0.0525. The first-order valence-corrected chi connectivity index (χ1v) is 13.0. The van der Waals surface area contributed by atoms with Crippen molar-refractivity contribution < 1.29 is 22.7 Å². The zero-order valence-corrected chi connectivity index (χ0v) is 21.4. The van der Waals surface area contributed by atoms with E-state index in [1.807, 2.05) is 26.0 Å². The van der Waals surface area contributed by atoms with Gasteiger partial charge in [0.2, 0.25) is 10.0 Å². The maximum absolute atomic E-state index is 13.1. The molecule has 0 aliphatic carbocycles. The van der Waals surface area contributed by atoms with Gasteiger partial charge in [0.25, 0.3) is 5.91 Å². The molecule has 3 rings (SSSR count). The number of hydrogen-bond donors (Lipinski definition) is 0. The van der Waals surface area contributed by atoms with Gasteiger partial charge in [-0.15, -0.1) is 5.10 Å². The van der Waals surface area contributed by atoms with E-state index < -0.39 is 16.3 Å². The zero-order chi connectivity index (χ0) is 24.9. The Morgan fingerprint density at radius 1 is 1.03 bits per heavy atom. The Balaban J connectivity index is 1.60. The summed E-state index contributed by atoms with van der Waals surface area (Å²) >= 11 is 0. The number of amides is 1. The molecule has 0 N–H and O–H groups in total. The van der Waals surface area contributed by atoms with Gasteiger partial charge in [-0.3, -0.25) is 4.79 Å². The molecule has 188 valence electrons. The molecule has 1 fully saturated rings. The van der Waals surface area contributed by atoms with E-state index in [-0.39, 0.29) is 48.1 Å². The van der Waals surface area contributed by atoms with Crippen molar-refractivity contribution in [2.75, 3.05) is 39.4 Å². The third-order valence-electron chi connectivity index (χ3n) is 5.68. The van der Waals surface area contributed by atoms with Gasteiger partial charge in [0.15, 0.2) is 12.0 Å². The highest BCUT2D eigenvalue weighted by atomic mass is 32.2.